The number of anilines is 1. The lowest BCUT2D eigenvalue weighted by molar-refractivity contribution is 0.0913. The number of nitrogens with one attached hydrogen (secondary N) is 1. The van der Waals surface area contributed by atoms with Crippen LogP contribution < -0.4 is 16.0 Å². The molecule has 1 amide bonds. The van der Waals surface area contributed by atoms with Crippen LogP contribution in [0.2, 0.25) is 0 Å². The molecule has 1 aromatic carbocycles. The fraction of sp³-hybridized carbons (Fsp3) is 0.476. The molecule has 3 N–H and O–H groups in total. The van der Waals surface area contributed by atoms with E-state index in [9.17, 15) is 4.79 Å². The van der Waals surface area contributed by atoms with Gasteiger partial charge in [0.15, 0.2) is 5.76 Å². The molecule has 1 unspecified atom stereocenters. The fourth-order valence-corrected chi connectivity index (χ4v) is 3.55. The molecule has 3 rings (SSSR count). The third kappa shape index (κ3) is 3.63. The van der Waals surface area contributed by atoms with Gasteiger partial charge in [-0.25, -0.2) is 0 Å². The quantitative estimate of drug-likeness (QED) is 0.798. The minimum atomic E-state index is -0.370. The van der Waals surface area contributed by atoms with Crippen LogP contribution in [0.5, 0.6) is 0 Å². The number of benzene rings is 1. The fourth-order valence-electron chi connectivity index (χ4n) is 3.55. The van der Waals surface area contributed by atoms with Gasteiger partial charge in [-0.2, -0.15) is 0 Å². The first kappa shape index (κ1) is 18.5. The Labute approximate surface area is 155 Å². The molecule has 2 aromatic rings. The average Bonchev–Trinajstić information content (AvgIpc) is 3.24. The molecule has 0 spiro atoms. The lowest BCUT2D eigenvalue weighted by atomic mass is 9.94. The zero-order chi connectivity index (χ0) is 18.7. The third-order valence-corrected chi connectivity index (χ3v) is 5.65. The van der Waals surface area contributed by atoms with E-state index in [1.807, 2.05) is 19.9 Å². The Hall–Kier alpha value is -2.27. The van der Waals surface area contributed by atoms with Crippen molar-refractivity contribution in [2.24, 2.45) is 5.73 Å². The smallest absolute Gasteiger partial charge is 0.287 e. The number of carbonyl (C=O) groups is 1. The zero-order valence-electron chi connectivity index (χ0n) is 15.9. The van der Waals surface area contributed by atoms with Crippen LogP contribution in [0.15, 0.2) is 41.0 Å². The maximum absolute atomic E-state index is 12.6. The van der Waals surface area contributed by atoms with Gasteiger partial charge in [-0.1, -0.05) is 32.0 Å². The number of amides is 1. The minimum Gasteiger partial charge on any atom is -0.459 e. The van der Waals surface area contributed by atoms with E-state index in [1.165, 1.54) is 11.3 Å². The molecule has 0 saturated carbocycles. The van der Waals surface area contributed by atoms with Crippen molar-refractivity contribution in [1.29, 1.82) is 0 Å². The summed E-state index contributed by atoms with van der Waals surface area (Å²) in [5, 5.41) is 2.95. The van der Waals surface area contributed by atoms with Crippen molar-refractivity contribution >= 4 is 11.6 Å². The largest absolute Gasteiger partial charge is 0.459 e. The lowest BCUT2D eigenvalue weighted by Crippen LogP contribution is -2.49. The van der Waals surface area contributed by atoms with Gasteiger partial charge in [0.25, 0.3) is 5.91 Å². The highest BCUT2D eigenvalue weighted by atomic mass is 16.3. The molecule has 1 aromatic heterocycles. The topological polar surface area (TPSA) is 71.5 Å². The number of fused-ring (bicyclic) bond motifs is 1. The SMILES string of the molecule is CCC(N)(CC)CNC(=O)c1occc1CN1c2ccccc2CC1C. The van der Waals surface area contributed by atoms with Gasteiger partial charge in [0.05, 0.1) is 6.26 Å². The molecule has 2 heterocycles. The minimum absolute atomic E-state index is 0.193. The van der Waals surface area contributed by atoms with Crippen LogP contribution in [0.3, 0.4) is 0 Å². The highest BCUT2D eigenvalue weighted by Gasteiger charge is 2.28. The molecule has 140 valence electrons. The summed E-state index contributed by atoms with van der Waals surface area (Å²) in [4.78, 5) is 15.0. The molecule has 0 aliphatic carbocycles. The molecule has 1 atom stereocenters. The summed E-state index contributed by atoms with van der Waals surface area (Å²) < 4.78 is 5.51. The van der Waals surface area contributed by atoms with Gasteiger partial charge in [0.1, 0.15) is 0 Å². The number of furan rings is 1. The van der Waals surface area contributed by atoms with Gasteiger partial charge in [0.2, 0.25) is 0 Å². The molecular weight excluding hydrogens is 326 g/mol. The van der Waals surface area contributed by atoms with Crippen molar-refractivity contribution in [2.45, 2.75) is 58.2 Å². The summed E-state index contributed by atoms with van der Waals surface area (Å²) in [5.74, 6) is 0.193. The molecule has 1 aliphatic heterocycles. The van der Waals surface area contributed by atoms with Crippen LogP contribution in [0.1, 0.15) is 55.3 Å². The van der Waals surface area contributed by atoms with Gasteiger partial charge in [-0.3, -0.25) is 4.79 Å². The van der Waals surface area contributed by atoms with E-state index in [4.69, 9.17) is 10.2 Å². The molecule has 0 saturated heterocycles. The summed E-state index contributed by atoms with van der Waals surface area (Å²) in [7, 11) is 0. The molecule has 0 radical (unpaired) electrons. The molecule has 5 heteroatoms. The maximum Gasteiger partial charge on any atom is 0.287 e. The number of nitrogens with two attached hydrogens (primary N) is 1. The summed E-state index contributed by atoms with van der Waals surface area (Å²) >= 11 is 0. The summed E-state index contributed by atoms with van der Waals surface area (Å²) in [6.07, 6.45) is 4.25. The Bertz CT molecular complexity index is 764. The van der Waals surface area contributed by atoms with E-state index < -0.39 is 0 Å². The Morgan fingerprint density at radius 2 is 2.04 bits per heavy atom. The van der Waals surface area contributed by atoms with Crippen molar-refractivity contribution in [3.05, 3.63) is 53.5 Å². The Morgan fingerprint density at radius 3 is 2.77 bits per heavy atom. The Kier molecular flexibility index (Phi) is 5.37. The number of carbonyl (C=O) groups excluding carboxylic acids is 1. The monoisotopic (exact) mass is 355 g/mol. The number of rotatable bonds is 7. The molecule has 0 fully saturated rings. The van der Waals surface area contributed by atoms with Gasteiger partial charge in [-0.15, -0.1) is 0 Å². The first-order valence-corrected chi connectivity index (χ1v) is 9.45. The number of hydrogen-bond acceptors (Lipinski definition) is 4. The highest BCUT2D eigenvalue weighted by Crippen LogP contribution is 2.33. The van der Waals surface area contributed by atoms with E-state index in [2.05, 4.69) is 41.4 Å². The van der Waals surface area contributed by atoms with Gasteiger partial charge < -0.3 is 20.4 Å². The number of nitrogens with zero attached hydrogens (tertiary/aromatic N) is 1. The van der Waals surface area contributed by atoms with E-state index in [0.717, 1.165) is 24.8 Å². The third-order valence-electron chi connectivity index (χ3n) is 5.65. The molecule has 0 bridgehead atoms. The first-order chi connectivity index (χ1) is 12.5. The second kappa shape index (κ2) is 7.54. The second-order valence-electron chi connectivity index (χ2n) is 7.34. The molecule has 5 nitrogen and oxygen atoms in total. The van der Waals surface area contributed by atoms with E-state index in [1.54, 1.807) is 6.26 Å². The van der Waals surface area contributed by atoms with Crippen molar-refractivity contribution in [3.63, 3.8) is 0 Å². The van der Waals surface area contributed by atoms with E-state index in [0.29, 0.717) is 24.9 Å². The van der Waals surface area contributed by atoms with E-state index >= 15 is 0 Å². The van der Waals surface area contributed by atoms with Crippen LogP contribution in [0.4, 0.5) is 5.69 Å². The Morgan fingerprint density at radius 1 is 1.31 bits per heavy atom. The van der Waals surface area contributed by atoms with Gasteiger partial charge in [-0.05, 0) is 43.9 Å². The first-order valence-electron chi connectivity index (χ1n) is 9.45. The summed E-state index contributed by atoms with van der Waals surface area (Å²) in [6, 6.07) is 10.7. The van der Waals surface area contributed by atoms with Crippen LogP contribution >= 0.6 is 0 Å². The average molecular weight is 355 g/mol. The Balaban J connectivity index is 1.72. The van der Waals surface area contributed by atoms with Crippen molar-refractivity contribution in [3.8, 4) is 0 Å². The highest BCUT2D eigenvalue weighted by molar-refractivity contribution is 5.93. The van der Waals surface area contributed by atoms with Crippen LogP contribution in [0, 0.1) is 0 Å². The van der Waals surface area contributed by atoms with Crippen LogP contribution in [-0.2, 0) is 13.0 Å². The van der Waals surface area contributed by atoms with Gasteiger partial charge >= 0.3 is 0 Å². The van der Waals surface area contributed by atoms with Crippen molar-refractivity contribution in [2.75, 3.05) is 11.4 Å². The summed E-state index contributed by atoms with van der Waals surface area (Å²) in [6.45, 7) is 7.40. The molecular formula is C21H29N3O2. The normalized spacial score (nSPS) is 16.6. The molecule has 1 aliphatic rings. The predicted octanol–water partition coefficient (Wildman–Crippen LogP) is 3.48. The lowest BCUT2D eigenvalue weighted by Gasteiger charge is -2.27. The van der Waals surface area contributed by atoms with Gasteiger partial charge in [0, 0.05) is 35.9 Å². The molecule has 26 heavy (non-hydrogen) atoms. The van der Waals surface area contributed by atoms with Crippen molar-refractivity contribution in [1.82, 2.24) is 5.32 Å². The van der Waals surface area contributed by atoms with Crippen LogP contribution in [-0.4, -0.2) is 24.0 Å². The zero-order valence-corrected chi connectivity index (χ0v) is 15.9. The second-order valence-corrected chi connectivity index (χ2v) is 7.34. The van der Waals surface area contributed by atoms with E-state index in [-0.39, 0.29) is 11.4 Å². The van der Waals surface area contributed by atoms with Crippen LogP contribution in [0.25, 0.3) is 0 Å². The predicted molar refractivity (Wildman–Crippen MR) is 104 cm³/mol. The number of para-hydroxylation sites is 1. The summed E-state index contributed by atoms with van der Waals surface area (Å²) in [5.41, 5.74) is 9.42. The van der Waals surface area contributed by atoms with Crippen molar-refractivity contribution < 1.29 is 9.21 Å². The standard InChI is InChI=1S/C21H29N3O2/c1-4-21(22,5-2)14-23-20(25)19-17(10-11-26-19)13-24-15(3)12-16-8-6-7-9-18(16)24/h6-11,15H,4-5,12-14,22H2,1-3H3,(H,23,25). The number of hydrogen-bond donors (Lipinski definition) is 2. The maximum atomic E-state index is 12.6.